The summed E-state index contributed by atoms with van der Waals surface area (Å²) < 4.78 is 24.7. The van der Waals surface area contributed by atoms with Gasteiger partial charge < -0.3 is 10.2 Å². The van der Waals surface area contributed by atoms with Crippen LogP contribution in [0, 0.1) is 0 Å². The number of fused-ring (bicyclic) bond motifs is 1. The van der Waals surface area contributed by atoms with Crippen molar-refractivity contribution in [1.82, 2.24) is 0 Å². The molecule has 0 bridgehead atoms. The summed E-state index contributed by atoms with van der Waals surface area (Å²) in [4.78, 5) is 25.8. The van der Waals surface area contributed by atoms with Gasteiger partial charge in [0.1, 0.15) is 0 Å². The molecule has 1 aliphatic heterocycles. The first-order chi connectivity index (χ1) is 13.3. The highest BCUT2D eigenvalue weighted by molar-refractivity contribution is 7.91. The van der Waals surface area contributed by atoms with Gasteiger partial charge in [-0.05, 0) is 60.9 Å². The van der Waals surface area contributed by atoms with Gasteiger partial charge in [0, 0.05) is 36.3 Å². The lowest BCUT2D eigenvalue weighted by molar-refractivity contribution is -0.117. The van der Waals surface area contributed by atoms with E-state index in [0.717, 1.165) is 24.1 Å². The zero-order valence-corrected chi connectivity index (χ0v) is 17.0. The molecule has 0 saturated carbocycles. The molecule has 0 fully saturated rings. The third-order valence-electron chi connectivity index (χ3n) is 4.63. The zero-order valence-electron chi connectivity index (χ0n) is 15.4. The van der Waals surface area contributed by atoms with E-state index in [1.165, 1.54) is 31.2 Å². The Morgan fingerprint density at radius 3 is 2.54 bits per heavy atom. The average molecular weight is 421 g/mol. The van der Waals surface area contributed by atoms with Gasteiger partial charge in [-0.3, -0.25) is 9.59 Å². The summed E-state index contributed by atoms with van der Waals surface area (Å²) in [6.45, 7) is 2.22. The fraction of sp³-hybridized carbons (Fsp3) is 0.300. The van der Waals surface area contributed by atoms with Crippen molar-refractivity contribution in [2.75, 3.05) is 22.5 Å². The summed E-state index contributed by atoms with van der Waals surface area (Å²) in [5.41, 5.74) is 2.45. The SMILES string of the molecule is CC(=O)N1CCCc2cc(NC(=O)CCS(=O)(=O)c3ccc(Cl)cc3)ccc21. The van der Waals surface area contributed by atoms with Gasteiger partial charge >= 0.3 is 0 Å². The number of amides is 2. The van der Waals surface area contributed by atoms with Gasteiger partial charge in [-0.25, -0.2) is 8.42 Å². The molecule has 0 unspecified atom stereocenters. The molecule has 2 amide bonds. The van der Waals surface area contributed by atoms with Gasteiger partial charge in [-0.1, -0.05) is 11.6 Å². The molecule has 8 heteroatoms. The van der Waals surface area contributed by atoms with Crippen molar-refractivity contribution in [2.24, 2.45) is 0 Å². The summed E-state index contributed by atoms with van der Waals surface area (Å²) in [5.74, 6) is -0.675. The van der Waals surface area contributed by atoms with Crippen LogP contribution in [0.4, 0.5) is 11.4 Å². The molecule has 3 rings (SSSR count). The Morgan fingerprint density at radius 1 is 1.14 bits per heavy atom. The van der Waals surface area contributed by atoms with Gasteiger partial charge in [0.15, 0.2) is 9.84 Å². The second-order valence-electron chi connectivity index (χ2n) is 6.69. The number of nitrogens with one attached hydrogen (secondary N) is 1. The minimum absolute atomic E-state index is 0.00913. The molecule has 0 radical (unpaired) electrons. The highest BCUT2D eigenvalue weighted by atomic mass is 35.5. The number of sulfone groups is 1. The molecular weight excluding hydrogens is 400 g/mol. The normalized spacial score (nSPS) is 13.7. The molecule has 2 aromatic rings. The highest BCUT2D eigenvalue weighted by Crippen LogP contribution is 2.29. The van der Waals surface area contributed by atoms with E-state index in [4.69, 9.17) is 11.6 Å². The number of carbonyl (C=O) groups is 2. The molecule has 0 aliphatic carbocycles. The molecule has 1 heterocycles. The predicted molar refractivity (Wildman–Crippen MR) is 110 cm³/mol. The maximum Gasteiger partial charge on any atom is 0.225 e. The molecular formula is C20H21ClN2O4S. The van der Waals surface area contributed by atoms with Crippen molar-refractivity contribution in [3.8, 4) is 0 Å². The van der Waals surface area contributed by atoms with E-state index in [2.05, 4.69) is 5.32 Å². The number of hydrogen-bond donors (Lipinski definition) is 1. The molecule has 0 aromatic heterocycles. The van der Waals surface area contributed by atoms with Crippen LogP contribution in [-0.4, -0.2) is 32.5 Å². The van der Waals surface area contributed by atoms with Crippen LogP contribution in [0.3, 0.4) is 0 Å². The summed E-state index contributed by atoms with van der Waals surface area (Å²) >= 11 is 5.78. The maximum atomic E-state index is 12.3. The Kier molecular flexibility index (Phi) is 6.05. The quantitative estimate of drug-likeness (QED) is 0.803. The van der Waals surface area contributed by atoms with Crippen molar-refractivity contribution in [2.45, 2.75) is 31.1 Å². The number of carbonyl (C=O) groups excluding carboxylic acids is 2. The molecule has 2 aromatic carbocycles. The Bertz CT molecular complexity index is 1000. The van der Waals surface area contributed by atoms with Gasteiger partial charge in [0.25, 0.3) is 0 Å². The summed E-state index contributed by atoms with van der Waals surface area (Å²) in [5, 5.41) is 3.19. The van der Waals surface area contributed by atoms with Crippen molar-refractivity contribution in [3.05, 3.63) is 53.1 Å². The molecule has 0 saturated heterocycles. The lowest BCUT2D eigenvalue weighted by Gasteiger charge is -2.29. The number of aryl methyl sites for hydroxylation is 1. The summed E-state index contributed by atoms with van der Waals surface area (Å²) in [6, 6.07) is 11.3. The average Bonchev–Trinajstić information content (AvgIpc) is 2.66. The van der Waals surface area contributed by atoms with Crippen LogP contribution >= 0.6 is 11.6 Å². The molecule has 0 atom stereocenters. The van der Waals surface area contributed by atoms with Crippen LogP contribution < -0.4 is 10.2 Å². The van der Waals surface area contributed by atoms with Gasteiger partial charge in [0.05, 0.1) is 10.6 Å². The molecule has 0 spiro atoms. The van der Waals surface area contributed by atoms with E-state index in [9.17, 15) is 18.0 Å². The fourth-order valence-corrected chi connectivity index (χ4v) is 4.58. The van der Waals surface area contributed by atoms with Crippen molar-refractivity contribution in [1.29, 1.82) is 0 Å². The first kappa shape index (κ1) is 20.4. The van der Waals surface area contributed by atoms with Crippen LogP contribution in [0.2, 0.25) is 5.02 Å². The van der Waals surface area contributed by atoms with E-state index in [1.807, 2.05) is 12.1 Å². The van der Waals surface area contributed by atoms with Crippen LogP contribution in [0.1, 0.15) is 25.3 Å². The second kappa shape index (κ2) is 8.32. The standard InChI is InChI=1S/C20H21ClN2O4S/c1-14(24)23-11-2-3-15-13-17(6-9-19(15)23)22-20(25)10-12-28(26,27)18-7-4-16(21)5-8-18/h4-9,13H,2-3,10-12H2,1H3,(H,22,25). The number of hydrogen-bond acceptors (Lipinski definition) is 4. The Hall–Kier alpha value is -2.38. The number of rotatable bonds is 5. The fourth-order valence-electron chi connectivity index (χ4n) is 3.21. The lowest BCUT2D eigenvalue weighted by atomic mass is 10.0. The van der Waals surface area contributed by atoms with E-state index < -0.39 is 9.84 Å². The van der Waals surface area contributed by atoms with Crippen molar-refractivity contribution >= 4 is 44.6 Å². The smallest absolute Gasteiger partial charge is 0.225 e. The van der Waals surface area contributed by atoms with E-state index >= 15 is 0 Å². The van der Waals surface area contributed by atoms with Gasteiger partial charge in [-0.15, -0.1) is 0 Å². The third kappa shape index (κ3) is 4.72. The van der Waals surface area contributed by atoms with Crippen LogP contribution in [0.15, 0.2) is 47.4 Å². The zero-order chi connectivity index (χ0) is 20.3. The molecule has 1 N–H and O–H groups in total. The number of nitrogens with zero attached hydrogens (tertiary/aromatic N) is 1. The number of halogens is 1. The minimum atomic E-state index is -3.56. The minimum Gasteiger partial charge on any atom is -0.326 e. The molecule has 6 nitrogen and oxygen atoms in total. The van der Waals surface area contributed by atoms with Crippen LogP contribution in [0.25, 0.3) is 0 Å². The van der Waals surface area contributed by atoms with E-state index in [1.54, 1.807) is 11.0 Å². The molecule has 1 aliphatic rings. The van der Waals surface area contributed by atoms with E-state index in [0.29, 0.717) is 17.3 Å². The summed E-state index contributed by atoms with van der Waals surface area (Å²) in [6.07, 6.45) is 1.54. The molecule has 148 valence electrons. The largest absolute Gasteiger partial charge is 0.326 e. The van der Waals surface area contributed by atoms with Crippen molar-refractivity contribution < 1.29 is 18.0 Å². The Morgan fingerprint density at radius 2 is 1.86 bits per heavy atom. The second-order valence-corrected chi connectivity index (χ2v) is 9.23. The third-order valence-corrected chi connectivity index (χ3v) is 6.62. The Labute approximate surface area is 169 Å². The number of anilines is 2. The lowest BCUT2D eigenvalue weighted by Crippen LogP contribution is -2.33. The van der Waals surface area contributed by atoms with E-state index in [-0.39, 0.29) is 28.9 Å². The predicted octanol–water partition coefficient (Wildman–Crippen LogP) is 3.44. The highest BCUT2D eigenvalue weighted by Gasteiger charge is 2.21. The van der Waals surface area contributed by atoms with Gasteiger partial charge in [0.2, 0.25) is 11.8 Å². The first-order valence-electron chi connectivity index (χ1n) is 8.95. The maximum absolute atomic E-state index is 12.3. The monoisotopic (exact) mass is 420 g/mol. The van der Waals surface area contributed by atoms with Crippen LogP contribution in [0.5, 0.6) is 0 Å². The van der Waals surface area contributed by atoms with Crippen LogP contribution in [-0.2, 0) is 25.8 Å². The summed E-state index contributed by atoms with van der Waals surface area (Å²) in [7, 11) is -3.56. The first-order valence-corrected chi connectivity index (χ1v) is 11.0. The molecule has 28 heavy (non-hydrogen) atoms. The van der Waals surface area contributed by atoms with Crippen molar-refractivity contribution in [3.63, 3.8) is 0 Å². The van der Waals surface area contributed by atoms with Gasteiger partial charge in [-0.2, -0.15) is 0 Å². The topological polar surface area (TPSA) is 83.6 Å². The Balaban J connectivity index is 1.64. The number of benzene rings is 2.